The van der Waals surface area contributed by atoms with Crippen molar-refractivity contribution in [3.05, 3.63) is 59.4 Å². The number of benzene rings is 1. The van der Waals surface area contributed by atoms with Crippen molar-refractivity contribution in [1.82, 2.24) is 15.3 Å². The number of nitrogens with zero attached hydrogens (tertiary/aromatic N) is 2. The highest BCUT2D eigenvalue weighted by Gasteiger charge is 2.33. The van der Waals surface area contributed by atoms with E-state index in [-0.39, 0.29) is 17.7 Å². The van der Waals surface area contributed by atoms with Crippen molar-refractivity contribution in [3.63, 3.8) is 0 Å². The molecule has 1 saturated carbocycles. The molecule has 1 aliphatic rings. The predicted molar refractivity (Wildman–Crippen MR) is 100 cm³/mol. The standard InChI is InChI=1S/C20H21N3OS/c24-19(22-13-14-6-5-11-21-12-14)15-7-1-2-8-16(15)20-23-17-9-3-4-10-18(17)25-20/h3-6,9-12,15-16H,1-2,7-8,13H2,(H,22,24)/t15-,16-/m0/s1. The Morgan fingerprint density at radius 2 is 2.04 bits per heavy atom. The number of para-hydroxylation sites is 1. The average molecular weight is 351 g/mol. The second kappa shape index (κ2) is 7.31. The minimum atomic E-state index is 0.0194. The van der Waals surface area contributed by atoms with E-state index in [1.807, 2.05) is 24.3 Å². The Morgan fingerprint density at radius 1 is 1.16 bits per heavy atom. The molecule has 2 heterocycles. The molecule has 5 heteroatoms. The zero-order valence-corrected chi connectivity index (χ0v) is 14.8. The van der Waals surface area contributed by atoms with Gasteiger partial charge in [-0.25, -0.2) is 4.98 Å². The SMILES string of the molecule is O=C(NCc1cccnc1)[C@H]1CCCC[C@@H]1c1nc2ccccc2s1. The zero-order chi connectivity index (χ0) is 17.1. The number of carbonyl (C=O) groups excluding carboxylic acids is 1. The first-order chi connectivity index (χ1) is 12.3. The van der Waals surface area contributed by atoms with Crippen molar-refractivity contribution in [2.24, 2.45) is 5.92 Å². The molecule has 2 aromatic heterocycles. The lowest BCUT2D eigenvalue weighted by Gasteiger charge is -2.29. The molecule has 1 amide bonds. The van der Waals surface area contributed by atoms with E-state index in [0.29, 0.717) is 6.54 Å². The largest absolute Gasteiger partial charge is 0.352 e. The summed E-state index contributed by atoms with van der Waals surface area (Å²) < 4.78 is 1.21. The summed E-state index contributed by atoms with van der Waals surface area (Å²) in [6, 6.07) is 12.1. The van der Waals surface area contributed by atoms with E-state index in [1.54, 1.807) is 23.7 Å². The smallest absolute Gasteiger partial charge is 0.224 e. The molecular formula is C20H21N3OS. The number of hydrogen-bond donors (Lipinski definition) is 1. The fourth-order valence-corrected chi connectivity index (χ4v) is 4.78. The first-order valence-electron chi connectivity index (χ1n) is 8.83. The Bertz CT molecular complexity index is 829. The number of hydrogen-bond acceptors (Lipinski definition) is 4. The topological polar surface area (TPSA) is 54.9 Å². The molecular weight excluding hydrogens is 330 g/mol. The van der Waals surface area contributed by atoms with Crippen LogP contribution in [0.1, 0.15) is 42.2 Å². The van der Waals surface area contributed by atoms with Crippen molar-refractivity contribution in [1.29, 1.82) is 0 Å². The van der Waals surface area contributed by atoms with Gasteiger partial charge in [0.1, 0.15) is 0 Å². The number of thiazole rings is 1. The van der Waals surface area contributed by atoms with Crippen LogP contribution in [0.4, 0.5) is 0 Å². The quantitative estimate of drug-likeness (QED) is 0.763. The molecule has 1 N–H and O–H groups in total. The molecule has 128 valence electrons. The lowest BCUT2D eigenvalue weighted by molar-refractivity contribution is -0.126. The van der Waals surface area contributed by atoms with E-state index in [1.165, 1.54) is 11.1 Å². The minimum Gasteiger partial charge on any atom is -0.352 e. The van der Waals surface area contributed by atoms with Crippen LogP contribution in [0.5, 0.6) is 0 Å². The summed E-state index contributed by atoms with van der Waals surface area (Å²) in [7, 11) is 0. The van der Waals surface area contributed by atoms with Crippen LogP contribution in [0, 0.1) is 5.92 Å². The molecule has 0 unspecified atom stereocenters. The van der Waals surface area contributed by atoms with Crippen LogP contribution in [0.25, 0.3) is 10.2 Å². The lowest BCUT2D eigenvalue weighted by atomic mass is 9.79. The molecule has 1 fully saturated rings. The number of aromatic nitrogens is 2. The molecule has 4 nitrogen and oxygen atoms in total. The Kier molecular flexibility index (Phi) is 4.74. The average Bonchev–Trinajstić information content (AvgIpc) is 3.11. The van der Waals surface area contributed by atoms with Gasteiger partial charge < -0.3 is 5.32 Å². The second-order valence-electron chi connectivity index (χ2n) is 6.60. The van der Waals surface area contributed by atoms with Gasteiger partial charge in [0.05, 0.1) is 15.2 Å². The van der Waals surface area contributed by atoms with E-state index in [0.717, 1.165) is 35.4 Å². The molecule has 0 bridgehead atoms. The van der Waals surface area contributed by atoms with Gasteiger partial charge in [-0.05, 0) is 36.6 Å². The van der Waals surface area contributed by atoms with E-state index in [2.05, 4.69) is 22.4 Å². The van der Waals surface area contributed by atoms with Gasteiger partial charge in [0.25, 0.3) is 0 Å². The highest BCUT2D eigenvalue weighted by Crippen LogP contribution is 2.40. The summed E-state index contributed by atoms with van der Waals surface area (Å²) in [6.07, 6.45) is 7.82. The van der Waals surface area contributed by atoms with Crippen LogP contribution in [0.2, 0.25) is 0 Å². The fourth-order valence-electron chi connectivity index (χ4n) is 3.61. The van der Waals surface area contributed by atoms with Crippen LogP contribution < -0.4 is 5.32 Å². The maximum atomic E-state index is 12.8. The summed E-state index contributed by atoms with van der Waals surface area (Å²) in [5.41, 5.74) is 2.07. The summed E-state index contributed by atoms with van der Waals surface area (Å²) in [5.74, 6) is 0.402. The Labute approximate surface area is 151 Å². The van der Waals surface area contributed by atoms with E-state index in [4.69, 9.17) is 4.98 Å². The van der Waals surface area contributed by atoms with Gasteiger partial charge in [0.2, 0.25) is 5.91 Å². The van der Waals surface area contributed by atoms with Crippen molar-refractivity contribution in [2.75, 3.05) is 0 Å². The van der Waals surface area contributed by atoms with Gasteiger partial charge in [-0.1, -0.05) is 31.0 Å². The molecule has 0 saturated heterocycles. The molecule has 2 atom stereocenters. The molecule has 4 rings (SSSR count). The lowest BCUT2D eigenvalue weighted by Crippen LogP contribution is -2.35. The molecule has 25 heavy (non-hydrogen) atoms. The van der Waals surface area contributed by atoms with Gasteiger partial charge >= 0.3 is 0 Å². The molecule has 0 radical (unpaired) electrons. The first kappa shape index (κ1) is 16.2. The molecule has 1 aromatic carbocycles. The monoisotopic (exact) mass is 351 g/mol. The predicted octanol–water partition coefficient (Wildman–Crippen LogP) is 4.28. The summed E-state index contributed by atoms with van der Waals surface area (Å²) in [4.78, 5) is 21.7. The number of fused-ring (bicyclic) bond motifs is 1. The molecule has 3 aromatic rings. The molecule has 0 aliphatic heterocycles. The Morgan fingerprint density at radius 3 is 2.88 bits per heavy atom. The number of rotatable bonds is 4. The van der Waals surface area contributed by atoms with Gasteiger partial charge in [-0.2, -0.15) is 0 Å². The maximum absolute atomic E-state index is 12.8. The zero-order valence-electron chi connectivity index (χ0n) is 14.0. The van der Waals surface area contributed by atoms with Crippen molar-refractivity contribution in [3.8, 4) is 0 Å². The van der Waals surface area contributed by atoms with E-state index >= 15 is 0 Å². The second-order valence-corrected chi connectivity index (χ2v) is 7.66. The highest BCUT2D eigenvalue weighted by molar-refractivity contribution is 7.18. The number of carbonyl (C=O) groups is 1. The summed E-state index contributed by atoms with van der Waals surface area (Å²) in [5, 5.41) is 4.21. The number of pyridine rings is 1. The van der Waals surface area contributed by atoms with Crippen LogP contribution in [-0.2, 0) is 11.3 Å². The fraction of sp³-hybridized carbons (Fsp3) is 0.350. The van der Waals surface area contributed by atoms with E-state index in [9.17, 15) is 4.79 Å². The molecule has 0 spiro atoms. The van der Waals surface area contributed by atoms with Crippen molar-refractivity contribution < 1.29 is 4.79 Å². The van der Waals surface area contributed by atoms with Crippen molar-refractivity contribution >= 4 is 27.5 Å². The number of nitrogens with one attached hydrogen (secondary N) is 1. The van der Waals surface area contributed by atoms with Crippen LogP contribution in [0.15, 0.2) is 48.8 Å². The molecule has 1 aliphatic carbocycles. The van der Waals surface area contributed by atoms with Crippen LogP contribution >= 0.6 is 11.3 Å². The third kappa shape index (κ3) is 3.56. The third-order valence-electron chi connectivity index (χ3n) is 4.92. The van der Waals surface area contributed by atoms with Crippen LogP contribution in [-0.4, -0.2) is 15.9 Å². The normalized spacial score (nSPS) is 20.5. The Hall–Kier alpha value is -2.27. The van der Waals surface area contributed by atoms with E-state index < -0.39 is 0 Å². The maximum Gasteiger partial charge on any atom is 0.224 e. The van der Waals surface area contributed by atoms with Gasteiger partial charge in [0.15, 0.2) is 0 Å². The Balaban J connectivity index is 1.51. The summed E-state index contributed by atoms with van der Waals surface area (Å²) in [6.45, 7) is 0.537. The van der Waals surface area contributed by atoms with Crippen molar-refractivity contribution in [2.45, 2.75) is 38.1 Å². The van der Waals surface area contributed by atoms with Gasteiger partial charge in [-0.3, -0.25) is 9.78 Å². The van der Waals surface area contributed by atoms with Crippen LogP contribution in [0.3, 0.4) is 0 Å². The minimum absolute atomic E-state index is 0.0194. The van der Waals surface area contributed by atoms with Gasteiger partial charge in [0, 0.05) is 30.8 Å². The third-order valence-corrected chi connectivity index (χ3v) is 6.09. The van der Waals surface area contributed by atoms with Gasteiger partial charge in [-0.15, -0.1) is 11.3 Å². The first-order valence-corrected chi connectivity index (χ1v) is 9.65. The highest BCUT2D eigenvalue weighted by atomic mass is 32.1. The number of amides is 1. The summed E-state index contributed by atoms with van der Waals surface area (Å²) >= 11 is 1.74.